The van der Waals surface area contributed by atoms with Gasteiger partial charge in [-0.1, -0.05) is 26.2 Å². The second-order valence-electron chi connectivity index (χ2n) is 5.05. The molecule has 0 saturated heterocycles. The van der Waals surface area contributed by atoms with Gasteiger partial charge in [-0.25, -0.2) is 0 Å². The number of nitrogen functional groups attached to an aromatic ring is 1. The smallest absolute Gasteiger partial charge is 0.288 e. The topological polar surface area (TPSA) is 96.7 Å². The molecule has 0 aliphatic heterocycles. The van der Waals surface area contributed by atoms with Crippen molar-refractivity contribution < 1.29 is 4.79 Å². The van der Waals surface area contributed by atoms with Gasteiger partial charge in [-0.05, 0) is 24.7 Å². The third-order valence-electron chi connectivity index (χ3n) is 3.81. The first-order valence-electron chi connectivity index (χ1n) is 6.65. The van der Waals surface area contributed by atoms with Gasteiger partial charge in [-0.15, -0.1) is 5.10 Å². The summed E-state index contributed by atoms with van der Waals surface area (Å²) in [6, 6.07) is 0. The first kappa shape index (κ1) is 12.9. The van der Waals surface area contributed by atoms with E-state index in [0.717, 1.165) is 12.5 Å². The van der Waals surface area contributed by atoms with Gasteiger partial charge in [0, 0.05) is 6.54 Å². The number of aromatic amines is 1. The fourth-order valence-electron chi connectivity index (χ4n) is 2.54. The fourth-order valence-corrected chi connectivity index (χ4v) is 2.54. The summed E-state index contributed by atoms with van der Waals surface area (Å²) in [5, 5.41) is 9.03. The third-order valence-corrected chi connectivity index (χ3v) is 3.81. The summed E-state index contributed by atoms with van der Waals surface area (Å²) in [6.45, 7) is 2.97. The standard InChI is InChI=1S/C12H21N5O/c1-2-8-3-5-9(6-4-8)7-14-11(18)10-15-12(13)17-16-10/h8-9H,2-7H2,1H3,(H,14,18)(H3,13,15,16,17). The molecular formula is C12H21N5O. The number of hydrogen-bond donors (Lipinski definition) is 3. The van der Waals surface area contributed by atoms with Crippen LogP contribution in [-0.2, 0) is 0 Å². The molecule has 0 aromatic carbocycles. The number of nitrogens with one attached hydrogen (secondary N) is 2. The number of amides is 1. The lowest BCUT2D eigenvalue weighted by Gasteiger charge is -2.27. The van der Waals surface area contributed by atoms with Gasteiger partial charge in [-0.2, -0.15) is 4.98 Å². The van der Waals surface area contributed by atoms with E-state index in [1.165, 1.54) is 32.1 Å². The zero-order chi connectivity index (χ0) is 13.0. The molecule has 0 unspecified atom stereocenters. The van der Waals surface area contributed by atoms with E-state index in [4.69, 9.17) is 5.73 Å². The molecule has 1 heterocycles. The minimum atomic E-state index is -0.225. The molecule has 1 amide bonds. The minimum absolute atomic E-state index is 0.101. The number of carbonyl (C=O) groups is 1. The molecule has 0 spiro atoms. The van der Waals surface area contributed by atoms with Crippen LogP contribution in [0.2, 0.25) is 0 Å². The minimum Gasteiger partial charge on any atom is -0.366 e. The number of nitrogens with zero attached hydrogens (tertiary/aromatic N) is 2. The Morgan fingerprint density at radius 3 is 2.61 bits per heavy atom. The monoisotopic (exact) mass is 251 g/mol. The highest BCUT2D eigenvalue weighted by Gasteiger charge is 2.21. The highest BCUT2D eigenvalue weighted by molar-refractivity contribution is 5.90. The van der Waals surface area contributed by atoms with Crippen LogP contribution in [0.5, 0.6) is 0 Å². The zero-order valence-electron chi connectivity index (χ0n) is 10.8. The molecule has 6 heteroatoms. The van der Waals surface area contributed by atoms with E-state index in [0.29, 0.717) is 5.92 Å². The molecule has 1 aromatic rings. The number of H-pyrrole nitrogens is 1. The summed E-state index contributed by atoms with van der Waals surface area (Å²) in [5.41, 5.74) is 5.35. The van der Waals surface area contributed by atoms with Crippen LogP contribution in [0.25, 0.3) is 0 Å². The maximum absolute atomic E-state index is 11.7. The number of hydrogen-bond acceptors (Lipinski definition) is 4. The Labute approximate surface area is 107 Å². The summed E-state index contributed by atoms with van der Waals surface area (Å²) in [7, 11) is 0. The van der Waals surface area contributed by atoms with Crippen LogP contribution in [0.3, 0.4) is 0 Å². The molecule has 6 nitrogen and oxygen atoms in total. The SMILES string of the molecule is CCC1CCC(CNC(=O)c2nc(N)n[nH]2)CC1. The van der Waals surface area contributed by atoms with Crippen molar-refractivity contribution in [2.75, 3.05) is 12.3 Å². The van der Waals surface area contributed by atoms with Gasteiger partial charge in [0.05, 0.1) is 0 Å². The summed E-state index contributed by atoms with van der Waals surface area (Å²) in [5.74, 6) is 1.54. The van der Waals surface area contributed by atoms with Crippen molar-refractivity contribution in [1.29, 1.82) is 0 Å². The molecule has 100 valence electrons. The van der Waals surface area contributed by atoms with Crippen LogP contribution >= 0.6 is 0 Å². The second-order valence-corrected chi connectivity index (χ2v) is 5.05. The van der Waals surface area contributed by atoms with Crippen molar-refractivity contribution in [3.8, 4) is 0 Å². The lowest BCUT2D eigenvalue weighted by atomic mass is 9.81. The number of nitrogens with two attached hydrogens (primary N) is 1. The van der Waals surface area contributed by atoms with E-state index >= 15 is 0 Å². The van der Waals surface area contributed by atoms with Crippen LogP contribution in [0, 0.1) is 11.8 Å². The molecule has 1 aliphatic carbocycles. The Morgan fingerprint density at radius 1 is 1.39 bits per heavy atom. The van der Waals surface area contributed by atoms with E-state index < -0.39 is 0 Å². The fraction of sp³-hybridized carbons (Fsp3) is 0.750. The molecule has 1 saturated carbocycles. The van der Waals surface area contributed by atoms with Crippen LogP contribution < -0.4 is 11.1 Å². The zero-order valence-corrected chi connectivity index (χ0v) is 10.8. The maximum atomic E-state index is 11.7. The van der Waals surface area contributed by atoms with E-state index in [1.807, 2.05) is 0 Å². The predicted molar refractivity (Wildman–Crippen MR) is 68.9 cm³/mol. The van der Waals surface area contributed by atoms with Crippen molar-refractivity contribution in [3.05, 3.63) is 5.82 Å². The van der Waals surface area contributed by atoms with Gasteiger partial charge in [0.25, 0.3) is 5.91 Å². The molecule has 1 aliphatic rings. The van der Waals surface area contributed by atoms with E-state index in [1.54, 1.807) is 0 Å². The van der Waals surface area contributed by atoms with Gasteiger partial charge >= 0.3 is 0 Å². The van der Waals surface area contributed by atoms with Crippen LogP contribution in [0.4, 0.5) is 5.95 Å². The summed E-state index contributed by atoms with van der Waals surface area (Å²) < 4.78 is 0. The third kappa shape index (κ3) is 3.21. The summed E-state index contributed by atoms with van der Waals surface area (Å²) in [4.78, 5) is 15.5. The number of rotatable bonds is 4. The summed E-state index contributed by atoms with van der Waals surface area (Å²) in [6.07, 6.45) is 6.25. The van der Waals surface area contributed by atoms with Gasteiger partial charge in [0.15, 0.2) is 0 Å². The Hall–Kier alpha value is -1.59. The molecule has 0 radical (unpaired) electrons. The normalized spacial score (nSPS) is 23.8. The molecular weight excluding hydrogens is 230 g/mol. The summed E-state index contributed by atoms with van der Waals surface area (Å²) >= 11 is 0. The van der Waals surface area contributed by atoms with Crippen LogP contribution in [0.1, 0.15) is 49.6 Å². The molecule has 1 fully saturated rings. The van der Waals surface area contributed by atoms with E-state index in [-0.39, 0.29) is 17.7 Å². The highest BCUT2D eigenvalue weighted by atomic mass is 16.2. The van der Waals surface area contributed by atoms with Gasteiger partial charge in [0.2, 0.25) is 11.8 Å². The van der Waals surface area contributed by atoms with E-state index in [9.17, 15) is 4.79 Å². The molecule has 0 atom stereocenters. The van der Waals surface area contributed by atoms with Gasteiger partial charge < -0.3 is 11.1 Å². The largest absolute Gasteiger partial charge is 0.366 e. The predicted octanol–water partition coefficient (Wildman–Crippen LogP) is 1.33. The quantitative estimate of drug-likeness (QED) is 0.752. The first-order chi connectivity index (χ1) is 8.69. The van der Waals surface area contributed by atoms with Crippen molar-refractivity contribution >= 4 is 11.9 Å². The van der Waals surface area contributed by atoms with Crippen LogP contribution in [0.15, 0.2) is 0 Å². The first-order valence-corrected chi connectivity index (χ1v) is 6.65. The van der Waals surface area contributed by atoms with Crippen molar-refractivity contribution in [2.24, 2.45) is 11.8 Å². The van der Waals surface area contributed by atoms with E-state index in [2.05, 4.69) is 27.4 Å². The van der Waals surface area contributed by atoms with Crippen LogP contribution in [-0.4, -0.2) is 27.6 Å². The maximum Gasteiger partial charge on any atom is 0.288 e. The second kappa shape index (κ2) is 5.84. The Balaban J connectivity index is 1.74. The highest BCUT2D eigenvalue weighted by Crippen LogP contribution is 2.30. The molecule has 0 bridgehead atoms. The van der Waals surface area contributed by atoms with Crippen molar-refractivity contribution in [1.82, 2.24) is 20.5 Å². The lowest BCUT2D eigenvalue weighted by molar-refractivity contribution is 0.0931. The number of carbonyl (C=O) groups excluding carboxylic acids is 1. The molecule has 18 heavy (non-hydrogen) atoms. The Morgan fingerprint density at radius 2 is 2.06 bits per heavy atom. The number of anilines is 1. The Bertz CT molecular complexity index is 395. The average Bonchev–Trinajstić information content (AvgIpc) is 2.83. The van der Waals surface area contributed by atoms with Gasteiger partial charge in [0.1, 0.15) is 0 Å². The van der Waals surface area contributed by atoms with Gasteiger partial charge in [-0.3, -0.25) is 9.89 Å². The molecule has 1 aromatic heterocycles. The molecule has 4 N–H and O–H groups in total. The molecule has 2 rings (SSSR count). The average molecular weight is 251 g/mol. The number of aromatic nitrogens is 3. The van der Waals surface area contributed by atoms with Crippen molar-refractivity contribution in [3.63, 3.8) is 0 Å². The Kier molecular flexibility index (Phi) is 4.17. The lowest BCUT2D eigenvalue weighted by Crippen LogP contribution is -2.31. The van der Waals surface area contributed by atoms with Crippen molar-refractivity contribution in [2.45, 2.75) is 39.0 Å².